The summed E-state index contributed by atoms with van der Waals surface area (Å²) in [5, 5.41) is 3.35. The minimum Gasteiger partial charge on any atom is -0.494 e. The van der Waals surface area contributed by atoms with Gasteiger partial charge in [0.25, 0.3) is 0 Å². The second-order valence-electron chi connectivity index (χ2n) is 5.34. The van der Waals surface area contributed by atoms with Gasteiger partial charge in [-0.25, -0.2) is 4.72 Å². The summed E-state index contributed by atoms with van der Waals surface area (Å²) in [5.41, 5.74) is 2.01. The van der Waals surface area contributed by atoms with E-state index in [1.807, 2.05) is 55.5 Å². The van der Waals surface area contributed by atoms with Crippen LogP contribution in [0.4, 0.5) is 11.4 Å². The quantitative estimate of drug-likeness (QED) is 0.589. The van der Waals surface area contributed by atoms with Crippen molar-refractivity contribution in [3.8, 4) is 5.75 Å². The largest absolute Gasteiger partial charge is 0.494 e. The number of carbonyl (C=O) groups excluding carboxylic acids is 1. The molecule has 2 N–H and O–H groups in total. The van der Waals surface area contributed by atoms with Gasteiger partial charge in [0, 0.05) is 22.7 Å². The van der Waals surface area contributed by atoms with Gasteiger partial charge in [0.15, 0.2) is 0 Å². The second-order valence-corrected chi connectivity index (χ2v) is 6.25. The number of cyclic esters (lactones) is 1. The van der Waals surface area contributed by atoms with Crippen molar-refractivity contribution in [3.63, 3.8) is 0 Å². The number of nitrogens with one attached hydrogen (secondary N) is 2. The number of hydrogen-bond donors (Lipinski definition) is 2. The standard InChI is InChI=1S/C18H20N2O3S/c1-2-22-15-7-3-13(4-8-15)19-14-5-9-16(10-6-14)24-20-17-11-12-23-18(17)21/h3-10,17,19-20H,2,11-12H2,1H3. The normalized spacial score (nSPS) is 16.7. The first-order chi connectivity index (χ1) is 11.7. The van der Waals surface area contributed by atoms with Crippen LogP contribution in [0.5, 0.6) is 5.75 Å². The highest BCUT2D eigenvalue weighted by Gasteiger charge is 2.25. The monoisotopic (exact) mass is 344 g/mol. The Balaban J connectivity index is 1.53. The van der Waals surface area contributed by atoms with Crippen LogP contribution >= 0.6 is 11.9 Å². The molecule has 1 aliphatic heterocycles. The molecule has 0 bridgehead atoms. The Morgan fingerprint density at radius 3 is 2.38 bits per heavy atom. The van der Waals surface area contributed by atoms with E-state index < -0.39 is 0 Å². The van der Waals surface area contributed by atoms with Gasteiger partial charge in [-0.3, -0.25) is 4.79 Å². The van der Waals surface area contributed by atoms with Crippen LogP contribution in [0.15, 0.2) is 53.4 Å². The Morgan fingerprint density at radius 1 is 1.12 bits per heavy atom. The molecule has 1 unspecified atom stereocenters. The molecule has 1 saturated heterocycles. The van der Waals surface area contributed by atoms with E-state index in [9.17, 15) is 4.79 Å². The van der Waals surface area contributed by atoms with E-state index in [-0.39, 0.29) is 12.0 Å². The average molecular weight is 344 g/mol. The summed E-state index contributed by atoms with van der Waals surface area (Å²) < 4.78 is 13.5. The maximum atomic E-state index is 11.4. The van der Waals surface area contributed by atoms with Crippen molar-refractivity contribution < 1.29 is 14.3 Å². The third-order valence-corrected chi connectivity index (χ3v) is 4.47. The summed E-state index contributed by atoms with van der Waals surface area (Å²) >= 11 is 1.45. The molecule has 0 aliphatic carbocycles. The highest BCUT2D eigenvalue weighted by molar-refractivity contribution is 7.97. The van der Waals surface area contributed by atoms with Crippen molar-refractivity contribution in [2.45, 2.75) is 24.3 Å². The smallest absolute Gasteiger partial charge is 0.324 e. The molecule has 3 rings (SSSR count). The number of carbonyl (C=O) groups is 1. The number of ether oxygens (including phenoxy) is 2. The Bertz CT molecular complexity index is 674. The zero-order chi connectivity index (χ0) is 16.8. The molecule has 5 nitrogen and oxygen atoms in total. The number of hydrogen-bond acceptors (Lipinski definition) is 6. The van der Waals surface area contributed by atoms with Gasteiger partial charge in [0.05, 0.1) is 13.2 Å². The fourth-order valence-electron chi connectivity index (χ4n) is 2.32. The van der Waals surface area contributed by atoms with E-state index in [0.717, 1.165) is 28.4 Å². The summed E-state index contributed by atoms with van der Waals surface area (Å²) in [6.45, 7) is 3.14. The highest BCUT2D eigenvalue weighted by Crippen LogP contribution is 2.23. The van der Waals surface area contributed by atoms with Crippen LogP contribution in [-0.2, 0) is 9.53 Å². The lowest BCUT2D eigenvalue weighted by Gasteiger charge is -2.10. The van der Waals surface area contributed by atoms with Gasteiger partial charge in [-0.1, -0.05) is 0 Å². The molecule has 0 saturated carbocycles. The van der Waals surface area contributed by atoms with Crippen molar-refractivity contribution in [3.05, 3.63) is 48.5 Å². The lowest BCUT2D eigenvalue weighted by Crippen LogP contribution is -2.27. The van der Waals surface area contributed by atoms with Crippen LogP contribution in [-0.4, -0.2) is 25.2 Å². The third-order valence-electron chi connectivity index (χ3n) is 3.56. The molecule has 0 spiro atoms. The predicted octanol–water partition coefficient (Wildman–Crippen LogP) is 3.74. The Labute approximate surface area is 145 Å². The maximum absolute atomic E-state index is 11.4. The first-order valence-electron chi connectivity index (χ1n) is 7.93. The molecule has 2 aromatic carbocycles. The minimum atomic E-state index is -0.211. The molecule has 0 amide bonds. The van der Waals surface area contributed by atoms with E-state index in [4.69, 9.17) is 9.47 Å². The van der Waals surface area contributed by atoms with Gasteiger partial charge in [0.1, 0.15) is 11.8 Å². The summed E-state index contributed by atoms with van der Waals surface area (Å²) in [7, 11) is 0. The van der Waals surface area contributed by atoms with Crippen molar-refractivity contribution in [1.82, 2.24) is 4.72 Å². The summed E-state index contributed by atoms with van der Waals surface area (Å²) in [4.78, 5) is 12.4. The van der Waals surface area contributed by atoms with Gasteiger partial charge in [-0.2, -0.15) is 0 Å². The summed E-state index contributed by atoms with van der Waals surface area (Å²) in [5.74, 6) is 0.697. The first-order valence-corrected chi connectivity index (χ1v) is 8.75. The molecule has 1 heterocycles. The fraction of sp³-hybridized carbons (Fsp3) is 0.278. The Hall–Kier alpha value is -2.18. The average Bonchev–Trinajstić information content (AvgIpc) is 3.01. The van der Waals surface area contributed by atoms with E-state index in [1.165, 1.54) is 11.9 Å². The Morgan fingerprint density at radius 2 is 1.79 bits per heavy atom. The summed E-state index contributed by atoms with van der Waals surface area (Å²) in [6.07, 6.45) is 0.725. The molecule has 2 aromatic rings. The van der Waals surface area contributed by atoms with E-state index in [2.05, 4.69) is 10.0 Å². The van der Waals surface area contributed by atoms with Crippen LogP contribution in [0.25, 0.3) is 0 Å². The lowest BCUT2D eigenvalue weighted by molar-refractivity contribution is -0.139. The number of esters is 1. The van der Waals surface area contributed by atoms with Crippen LogP contribution in [0.3, 0.4) is 0 Å². The zero-order valence-corrected chi connectivity index (χ0v) is 14.3. The third kappa shape index (κ3) is 4.43. The lowest BCUT2D eigenvalue weighted by atomic mass is 10.2. The molecular weight excluding hydrogens is 324 g/mol. The molecule has 1 aliphatic rings. The van der Waals surface area contributed by atoms with Crippen molar-refractivity contribution in [1.29, 1.82) is 0 Å². The maximum Gasteiger partial charge on any atom is 0.324 e. The van der Waals surface area contributed by atoms with Gasteiger partial charge in [-0.05, 0) is 67.4 Å². The van der Waals surface area contributed by atoms with Gasteiger partial charge in [-0.15, -0.1) is 0 Å². The van der Waals surface area contributed by atoms with Crippen LogP contribution < -0.4 is 14.8 Å². The van der Waals surface area contributed by atoms with Crippen LogP contribution in [0.2, 0.25) is 0 Å². The molecule has 1 fully saturated rings. The van der Waals surface area contributed by atoms with Crippen LogP contribution in [0.1, 0.15) is 13.3 Å². The molecule has 126 valence electrons. The van der Waals surface area contributed by atoms with E-state index in [0.29, 0.717) is 13.2 Å². The first kappa shape index (κ1) is 16.7. The van der Waals surface area contributed by atoms with Gasteiger partial charge < -0.3 is 14.8 Å². The Kier molecular flexibility index (Phi) is 5.61. The second kappa shape index (κ2) is 8.08. The van der Waals surface area contributed by atoms with Crippen LogP contribution in [0, 0.1) is 0 Å². The number of rotatable bonds is 7. The van der Waals surface area contributed by atoms with Crippen molar-refractivity contribution >= 4 is 29.3 Å². The van der Waals surface area contributed by atoms with E-state index in [1.54, 1.807) is 0 Å². The number of benzene rings is 2. The molecule has 0 radical (unpaired) electrons. The predicted molar refractivity (Wildman–Crippen MR) is 95.7 cm³/mol. The molecule has 6 heteroatoms. The highest BCUT2D eigenvalue weighted by atomic mass is 32.2. The van der Waals surface area contributed by atoms with Gasteiger partial charge in [0.2, 0.25) is 0 Å². The zero-order valence-electron chi connectivity index (χ0n) is 13.5. The topological polar surface area (TPSA) is 59.6 Å². The minimum absolute atomic E-state index is 0.170. The van der Waals surface area contributed by atoms with Crippen molar-refractivity contribution in [2.75, 3.05) is 18.5 Å². The summed E-state index contributed by atoms with van der Waals surface area (Å²) in [6, 6.07) is 15.7. The molecule has 0 aromatic heterocycles. The molecule has 1 atom stereocenters. The molecular formula is C18H20N2O3S. The number of anilines is 2. The van der Waals surface area contributed by atoms with Crippen molar-refractivity contribution in [2.24, 2.45) is 0 Å². The SMILES string of the molecule is CCOc1ccc(Nc2ccc(SNC3CCOC3=O)cc2)cc1. The fourth-order valence-corrected chi connectivity index (χ4v) is 3.08. The van der Waals surface area contributed by atoms with E-state index >= 15 is 0 Å². The van der Waals surface area contributed by atoms with Gasteiger partial charge >= 0.3 is 5.97 Å². The molecule has 24 heavy (non-hydrogen) atoms.